The van der Waals surface area contributed by atoms with Crippen LogP contribution in [0.1, 0.15) is 200 Å². The second-order valence-electron chi connectivity index (χ2n) is 16.5. The smallest absolute Gasteiger partial charge is 0.306 e. The van der Waals surface area contributed by atoms with Gasteiger partial charge in [-0.15, -0.1) is 0 Å². The summed E-state index contributed by atoms with van der Waals surface area (Å²) in [4.78, 5) is 25.0. The molecular weight excluding hydrogens is 709 g/mol. The number of hydrogen-bond acceptors (Lipinski definition) is 7. The number of phosphoric acid groups is 1. The van der Waals surface area contributed by atoms with Gasteiger partial charge in [0.15, 0.2) is 6.10 Å². The van der Waals surface area contributed by atoms with Crippen LogP contribution in [0.2, 0.25) is 0 Å². The topological polar surface area (TPSA) is 94.1 Å². The van der Waals surface area contributed by atoms with E-state index in [1.807, 2.05) is 27.2 Å². The number of allylic oxidation sites excluding steroid dienone is 5. The molecule has 0 saturated heterocycles. The van der Waals surface area contributed by atoms with Gasteiger partial charge in [-0.05, 0) is 76.7 Å². The number of carbonyl (C=O) groups is 1. The standard InChI is InChI=1S/C46H88NO7P/c1-6-8-10-12-14-16-18-20-22-24-25-27-29-31-33-35-37-39-46(48)54-45(44-53-55(49,50)52-42-40-47(3,4)5)43-51-41-38-36-34-32-30-28-26-23-21-19-17-15-13-11-9-7-2/h20-23,38,41,45H,6-19,24-37,39-40,42-44H2,1-5H3/b22-20-,23-21-,41-38-/t45-/m1/s1. The first kappa shape index (κ1) is 53.6. The summed E-state index contributed by atoms with van der Waals surface area (Å²) in [7, 11) is 1.32. The number of unbranched alkanes of at least 4 members (excludes halogenated alkanes) is 24. The molecule has 0 aliphatic carbocycles. The fourth-order valence-electron chi connectivity index (χ4n) is 6.15. The summed E-state index contributed by atoms with van der Waals surface area (Å²) in [6.45, 7) is 4.72. The summed E-state index contributed by atoms with van der Waals surface area (Å²) in [5, 5.41) is 0. The van der Waals surface area contributed by atoms with Crippen LogP contribution < -0.4 is 4.89 Å². The van der Waals surface area contributed by atoms with Crippen molar-refractivity contribution in [3.05, 3.63) is 36.6 Å². The van der Waals surface area contributed by atoms with E-state index in [1.165, 1.54) is 141 Å². The molecule has 9 heteroatoms. The number of phosphoric ester groups is 1. The highest BCUT2D eigenvalue weighted by Gasteiger charge is 2.20. The summed E-state index contributed by atoms with van der Waals surface area (Å²) in [6, 6.07) is 0. The Bertz CT molecular complexity index is 978. The summed E-state index contributed by atoms with van der Waals surface area (Å²) in [5.74, 6) is -0.363. The van der Waals surface area contributed by atoms with Crippen molar-refractivity contribution in [3.8, 4) is 0 Å². The van der Waals surface area contributed by atoms with E-state index in [2.05, 4.69) is 38.2 Å². The molecule has 0 spiro atoms. The van der Waals surface area contributed by atoms with E-state index in [-0.39, 0.29) is 25.8 Å². The average Bonchev–Trinajstić information content (AvgIpc) is 3.13. The van der Waals surface area contributed by atoms with Gasteiger partial charge in [-0.25, -0.2) is 0 Å². The average molecular weight is 798 g/mol. The molecule has 0 heterocycles. The number of esters is 1. The molecule has 0 saturated carbocycles. The zero-order valence-electron chi connectivity index (χ0n) is 36.6. The van der Waals surface area contributed by atoms with Crippen LogP contribution in [0, 0.1) is 0 Å². The molecule has 0 aliphatic heterocycles. The van der Waals surface area contributed by atoms with Gasteiger partial charge in [-0.3, -0.25) is 9.36 Å². The summed E-state index contributed by atoms with van der Waals surface area (Å²) < 4.78 is 34.3. The summed E-state index contributed by atoms with van der Waals surface area (Å²) >= 11 is 0. The van der Waals surface area contributed by atoms with Crippen molar-refractivity contribution in [1.82, 2.24) is 0 Å². The van der Waals surface area contributed by atoms with Crippen molar-refractivity contribution in [1.29, 1.82) is 0 Å². The Labute approximate surface area is 340 Å². The molecule has 0 aromatic rings. The van der Waals surface area contributed by atoms with Gasteiger partial charge >= 0.3 is 5.97 Å². The number of carbonyl (C=O) groups excluding carboxylic acids is 1. The maximum Gasteiger partial charge on any atom is 0.306 e. The van der Waals surface area contributed by atoms with Gasteiger partial charge in [0.25, 0.3) is 7.82 Å². The number of hydrogen-bond donors (Lipinski definition) is 0. The molecule has 0 fully saturated rings. The first-order valence-electron chi connectivity index (χ1n) is 22.8. The van der Waals surface area contributed by atoms with E-state index in [1.54, 1.807) is 6.26 Å². The third-order valence-electron chi connectivity index (χ3n) is 9.73. The monoisotopic (exact) mass is 798 g/mol. The number of nitrogens with zero attached hydrogens (tertiary/aromatic N) is 1. The van der Waals surface area contributed by atoms with Gasteiger partial charge in [0.1, 0.15) is 19.8 Å². The van der Waals surface area contributed by atoms with Crippen molar-refractivity contribution in [3.63, 3.8) is 0 Å². The predicted octanol–water partition coefficient (Wildman–Crippen LogP) is 13.1. The van der Waals surface area contributed by atoms with Crippen LogP contribution >= 0.6 is 7.82 Å². The van der Waals surface area contributed by atoms with Crippen molar-refractivity contribution >= 4 is 13.8 Å². The van der Waals surface area contributed by atoms with Crippen LogP contribution in [0.4, 0.5) is 0 Å². The van der Waals surface area contributed by atoms with Gasteiger partial charge in [-0.1, -0.05) is 147 Å². The van der Waals surface area contributed by atoms with E-state index >= 15 is 0 Å². The Kier molecular flexibility index (Phi) is 38.4. The maximum absolute atomic E-state index is 12.7. The first-order chi connectivity index (χ1) is 26.6. The molecule has 0 N–H and O–H groups in total. The lowest BCUT2D eigenvalue weighted by molar-refractivity contribution is -0.870. The Hall–Kier alpha value is -1.44. The minimum atomic E-state index is -4.54. The Morgan fingerprint density at radius 1 is 0.564 bits per heavy atom. The Balaban J connectivity index is 4.29. The Morgan fingerprint density at radius 2 is 0.964 bits per heavy atom. The highest BCUT2D eigenvalue weighted by molar-refractivity contribution is 7.45. The number of rotatable bonds is 42. The number of quaternary nitrogens is 1. The third kappa shape index (κ3) is 43.5. The molecule has 0 rings (SSSR count). The molecular formula is C46H88NO7P. The highest BCUT2D eigenvalue weighted by Crippen LogP contribution is 2.38. The van der Waals surface area contributed by atoms with Gasteiger partial charge in [-0.2, -0.15) is 0 Å². The van der Waals surface area contributed by atoms with Crippen molar-refractivity contribution in [2.24, 2.45) is 0 Å². The fraction of sp³-hybridized carbons (Fsp3) is 0.848. The molecule has 2 atom stereocenters. The summed E-state index contributed by atoms with van der Waals surface area (Å²) in [5.41, 5.74) is 0. The van der Waals surface area contributed by atoms with Gasteiger partial charge in [0, 0.05) is 6.42 Å². The van der Waals surface area contributed by atoms with Crippen molar-refractivity contribution < 1.29 is 37.3 Å². The van der Waals surface area contributed by atoms with Crippen LogP contribution in [0.3, 0.4) is 0 Å². The van der Waals surface area contributed by atoms with E-state index < -0.39 is 13.9 Å². The minimum absolute atomic E-state index is 0.0142. The quantitative estimate of drug-likeness (QED) is 0.0152. The number of ether oxygens (including phenoxy) is 2. The lowest BCUT2D eigenvalue weighted by Crippen LogP contribution is -2.37. The van der Waals surface area contributed by atoms with Crippen LogP contribution in [-0.2, 0) is 27.9 Å². The van der Waals surface area contributed by atoms with Gasteiger partial charge < -0.3 is 27.9 Å². The molecule has 0 amide bonds. The van der Waals surface area contributed by atoms with Crippen molar-refractivity contribution in [2.45, 2.75) is 206 Å². The van der Waals surface area contributed by atoms with Crippen LogP contribution in [0.5, 0.6) is 0 Å². The molecule has 1 unspecified atom stereocenters. The summed E-state index contributed by atoms with van der Waals surface area (Å²) in [6.07, 6.45) is 46.7. The first-order valence-corrected chi connectivity index (χ1v) is 24.2. The molecule has 0 aromatic carbocycles. The SMILES string of the molecule is CCCCCCCC/C=C\CCCCCC/C=C\OC[C@H](COP(=O)([O-])OCC[N+](C)(C)C)OC(=O)CCCCCCCCC/C=C\CCCCCCCC. The normalized spacial score (nSPS) is 14.0. The zero-order chi connectivity index (χ0) is 40.6. The van der Waals surface area contributed by atoms with Gasteiger partial charge in [0.2, 0.25) is 0 Å². The van der Waals surface area contributed by atoms with Crippen LogP contribution in [-0.4, -0.2) is 64.1 Å². The lowest BCUT2D eigenvalue weighted by atomic mass is 10.1. The minimum Gasteiger partial charge on any atom is -0.756 e. The molecule has 0 aliphatic rings. The molecule has 8 nitrogen and oxygen atoms in total. The molecule has 55 heavy (non-hydrogen) atoms. The number of likely N-dealkylation sites (N-methyl/N-ethyl adjacent to an activating group) is 1. The van der Waals surface area contributed by atoms with E-state index in [0.717, 1.165) is 38.5 Å². The van der Waals surface area contributed by atoms with Crippen LogP contribution in [0.25, 0.3) is 0 Å². The molecule has 324 valence electrons. The van der Waals surface area contributed by atoms with Crippen LogP contribution in [0.15, 0.2) is 36.6 Å². The lowest BCUT2D eigenvalue weighted by Gasteiger charge is -2.28. The highest BCUT2D eigenvalue weighted by atomic mass is 31.2. The molecule has 0 bridgehead atoms. The van der Waals surface area contributed by atoms with Crippen molar-refractivity contribution in [2.75, 3.05) is 47.5 Å². The van der Waals surface area contributed by atoms with E-state index in [4.69, 9.17) is 18.5 Å². The zero-order valence-corrected chi connectivity index (χ0v) is 37.5. The fourth-order valence-corrected chi connectivity index (χ4v) is 6.88. The molecule has 0 radical (unpaired) electrons. The second-order valence-corrected chi connectivity index (χ2v) is 17.9. The largest absolute Gasteiger partial charge is 0.756 e. The third-order valence-corrected chi connectivity index (χ3v) is 10.7. The maximum atomic E-state index is 12.7. The predicted molar refractivity (Wildman–Crippen MR) is 231 cm³/mol. The Morgan fingerprint density at radius 3 is 1.40 bits per heavy atom. The second kappa shape index (κ2) is 39.4. The van der Waals surface area contributed by atoms with E-state index in [9.17, 15) is 14.3 Å². The van der Waals surface area contributed by atoms with Gasteiger partial charge in [0.05, 0.1) is 34.0 Å². The molecule has 0 aromatic heterocycles. The van der Waals surface area contributed by atoms with E-state index in [0.29, 0.717) is 17.4 Å².